The molecule has 6 heteroatoms. The Balaban J connectivity index is 0.000001000. The normalized spacial score (nSPS) is 17.1. The van der Waals surface area contributed by atoms with Crippen LogP contribution in [0, 0.1) is 0 Å². The van der Waals surface area contributed by atoms with E-state index in [9.17, 15) is 4.79 Å². The first kappa shape index (κ1) is 16.7. The number of para-hydroxylation sites is 1. The number of aromatic nitrogens is 1. The second kappa shape index (κ2) is 7.43. The third kappa shape index (κ3) is 3.60. The molecular formula is C14H17Cl2N3O. The quantitative estimate of drug-likeness (QED) is 0.893. The summed E-state index contributed by atoms with van der Waals surface area (Å²) in [6.07, 6.45) is 0.985. The molecule has 1 aromatic heterocycles. The molecule has 0 aliphatic carbocycles. The summed E-state index contributed by atoms with van der Waals surface area (Å²) in [5, 5.41) is 7.27. The molecule has 20 heavy (non-hydrogen) atoms. The molecule has 1 aromatic carbocycles. The molecule has 1 saturated heterocycles. The van der Waals surface area contributed by atoms with E-state index in [1.807, 2.05) is 30.3 Å². The van der Waals surface area contributed by atoms with Crippen molar-refractivity contribution in [3.8, 4) is 0 Å². The minimum absolute atomic E-state index is 0. The summed E-state index contributed by atoms with van der Waals surface area (Å²) >= 11 is 0. The Labute approximate surface area is 130 Å². The number of hydrogen-bond donors (Lipinski definition) is 2. The second-order valence-corrected chi connectivity index (χ2v) is 4.55. The molecule has 2 heterocycles. The summed E-state index contributed by atoms with van der Waals surface area (Å²) in [6.45, 7) is 1.81. The average molecular weight is 314 g/mol. The molecule has 2 N–H and O–H groups in total. The zero-order valence-electron chi connectivity index (χ0n) is 10.8. The van der Waals surface area contributed by atoms with Gasteiger partial charge in [0.25, 0.3) is 5.91 Å². The molecule has 0 saturated carbocycles. The molecule has 1 unspecified atom stereocenters. The van der Waals surface area contributed by atoms with E-state index in [-0.39, 0.29) is 36.8 Å². The number of nitrogens with zero attached hydrogens (tertiary/aromatic N) is 1. The lowest BCUT2D eigenvalue weighted by atomic mass is 10.2. The largest absolute Gasteiger partial charge is 0.347 e. The molecule has 1 aliphatic rings. The first-order chi connectivity index (χ1) is 8.83. The van der Waals surface area contributed by atoms with Gasteiger partial charge in [-0.15, -0.1) is 24.8 Å². The minimum Gasteiger partial charge on any atom is -0.347 e. The Kier molecular flexibility index (Phi) is 6.20. The molecule has 4 nitrogen and oxygen atoms in total. The number of pyridine rings is 1. The number of amides is 1. The van der Waals surface area contributed by atoms with Crippen molar-refractivity contribution in [2.24, 2.45) is 0 Å². The molecule has 2 aromatic rings. The molecule has 1 amide bonds. The maximum absolute atomic E-state index is 12.0. The Hall–Kier alpha value is -1.36. The van der Waals surface area contributed by atoms with E-state index in [4.69, 9.17) is 0 Å². The smallest absolute Gasteiger partial charge is 0.270 e. The molecule has 3 rings (SSSR count). The number of nitrogens with one attached hydrogen (secondary N) is 2. The molecule has 108 valence electrons. The van der Waals surface area contributed by atoms with Crippen molar-refractivity contribution in [3.63, 3.8) is 0 Å². The highest BCUT2D eigenvalue weighted by atomic mass is 35.5. The number of hydrogen-bond acceptors (Lipinski definition) is 3. The monoisotopic (exact) mass is 313 g/mol. The van der Waals surface area contributed by atoms with Crippen molar-refractivity contribution in [1.29, 1.82) is 0 Å². The number of carbonyl (C=O) groups excluding carboxylic acids is 1. The Bertz CT molecular complexity index is 585. The first-order valence-electron chi connectivity index (χ1n) is 6.20. The van der Waals surface area contributed by atoms with Gasteiger partial charge in [0.05, 0.1) is 5.52 Å². The van der Waals surface area contributed by atoms with Crippen LogP contribution in [-0.4, -0.2) is 30.0 Å². The van der Waals surface area contributed by atoms with Crippen LogP contribution in [0.3, 0.4) is 0 Å². The topological polar surface area (TPSA) is 54.0 Å². The summed E-state index contributed by atoms with van der Waals surface area (Å²) in [6, 6.07) is 11.7. The lowest BCUT2D eigenvalue weighted by Crippen LogP contribution is -2.36. The van der Waals surface area contributed by atoms with Crippen LogP contribution in [0.5, 0.6) is 0 Å². The van der Waals surface area contributed by atoms with E-state index in [0.29, 0.717) is 5.69 Å². The van der Waals surface area contributed by atoms with Crippen LogP contribution in [0.4, 0.5) is 0 Å². The highest BCUT2D eigenvalue weighted by Crippen LogP contribution is 2.12. The van der Waals surface area contributed by atoms with E-state index < -0.39 is 0 Å². The number of fused-ring (bicyclic) bond motifs is 1. The Morgan fingerprint density at radius 2 is 2.00 bits per heavy atom. The molecule has 1 aliphatic heterocycles. The fraction of sp³-hybridized carbons (Fsp3) is 0.286. The SMILES string of the molecule is Cl.Cl.O=C(NC1CCNC1)c1ccc2ccccc2n1. The van der Waals surface area contributed by atoms with Crippen molar-refractivity contribution in [2.45, 2.75) is 12.5 Å². The summed E-state index contributed by atoms with van der Waals surface area (Å²) in [7, 11) is 0. The zero-order chi connectivity index (χ0) is 12.4. The van der Waals surface area contributed by atoms with Gasteiger partial charge >= 0.3 is 0 Å². The molecule has 1 fully saturated rings. The van der Waals surface area contributed by atoms with Gasteiger partial charge in [-0.2, -0.15) is 0 Å². The van der Waals surface area contributed by atoms with Gasteiger partial charge < -0.3 is 10.6 Å². The van der Waals surface area contributed by atoms with E-state index in [1.54, 1.807) is 6.07 Å². The van der Waals surface area contributed by atoms with E-state index >= 15 is 0 Å². The zero-order valence-corrected chi connectivity index (χ0v) is 12.5. The van der Waals surface area contributed by atoms with Gasteiger partial charge in [0.1, 0.15) is 5.69 Å². The highest BCUT2D eigenvalue weighted by molar-refractivity contribution is 5.95. The van der Waals surface area contributed by atoms with Gasteiger partial charge in [0.2, 0.25) is 0 Å². The van der Waals surface area contributed by atoms with Gasteiger partial charge in [0.15, 0.2) is 0 Å². The number of carbonyl (C=O) groups is 1. The predicted molar refractivity (Wildman–Crippen MR) is 85.0 cm³/mol. The van der Waals surface area contributed by atoms with Gasteiger partial charge in [-0.05, 0) is 25.1 Å². The fourth-order valence-corrected chi connectivity index (χ4v) is 2.23. The lowest BCUT2D eigenvalue weighted by Gasteiger charge is -2.10. The number of halogens is 2. The molecular weight excluding hydrogens is 297 g/mol. The van der Waals surface area contributed by atoms with Gasteiger partial charge in [-0.1, -0.05) is 24.3 Å². The number of benzene rings is 1. The fourth-order valence-electron chi connectivity index (χ4n) is 2.23. The van der Waals surface area contributed by atoms with Gasteiger partial charge in [-0.25, -0.2) is 4.98 Å². The lowest BCUT2D eigenvalue weighted by molar-refractivity contribution is 0.0935. The molecule has 0 radical (unpaired) electrons. The highest BCUT2D eigenvalue weighted by Gasteiger charge is 2.18. The Morgan fingerprint density at radius 1 is 1.20 bits per heavy atom. The van der Waals surface area contributed by atoms with Crippen LogP contribution >= 0.6 is 24.8 Å². The van der Waals surface area contributed by atoms with Crippen molar-refractivity contribution < 1.29 is 4.79 Å². The second-order valence-electron chi connectivity index (χ2n) is 4.55. The minimum atomic E-state index is -0.0885. The van der Waals surface area contributed by atoms with Crippen molar-refractivity contribution in [1.82, 2.24) is 15.6 Å². The Morgan fingerprint density at radius 3 is 2.75 bits per heavy atom. The van der Waals surface area contributed by atoms with Gasteiger partial charge in [-0.3, -0.25) is 4.79 Å². The van der Waals surface area contributed by atoms with Crippen LogP contribution in [0.1, 0.15) is 16.9 Å². The van der Waals surface area contributed by atoms with E-state index in [1.165, 1.54) is 0 Å². The van der Waals surface area contributed by atoms with Crippen molar-refractivity contribution in [3.05, 3.63) is 42.1 Å². The van der Waals surface area contributed by atoms with Crippen LogP contribution < -0.4 is 10.6 Å². The third-order valence-electron chi connectivity index (χ3n) is 3.23. The maximum Gasteiger partial charge on any atom is 0.270 e. The molecule has 0 bridgehead atoms. The van der Waals surface area contributed by atoms with E-state index in [2.05, 4.69) is 15.6 Å². The van der Waals surface area contributed by atoms with Crippen LogP contribution in [0.15, 0.2) is 36.4 Å². The van der Waals surface area contributed by atoms with Crippen LogP contribution in [-0.2, 0) is 0 Å². The summed E-state index contributed by atoms with van der Waals surface area (Å²) in [5.41, 5.74) is 1.34. The summed E-state index contributed by atoms with van der Waals surface area (Å²) in [5.74, 6) is -0.0885. The van der Waals surface area contributed by atoms with Gasteiger partial charge in [0, 0.05) is 18.0 Å². The molecule has 0 spiro atoms. The third-order valence-corrected chi connectivity index (χ3v) is 3.23. The number of rotatable bonds is 2. The van der Waals surface area contributed by atoms with Crippen LogP contribution in [0.2, 0.25) is 0 Å². The molecule has 1 atom stereocenters. The van der Waals surface area contributed by atoms with E-state index in [0.717, 1.165) is 30.4 Å². The first-order valence-corrected chi connectivity index (χ1v) is 6.20. The maximum atomic E-state index is 12.0. The summed E-state index contributed by atoms with van der Waals surface area (Å²) < 4.78 is 0. The van der Waals surface area contributed by atoms with Crippen LogP contribution in [0.25, 0.3) is 10.9 Å². The van der Waals surface area contributed by atoms with Crippen molar-refractivity contribution in [2.75, 3.05) is 13.1 Å². The standard InChI is InChI=1S/C14H15N3O.2ClH/c18-14(16-11-7-8-15-9-11)13-6-5-10-3-1-2-4-12(10)17-13;;/h1-6,11,15H,7-9H2,(H,16,18);2*1H. The predicted octanol–water partition coefficient (Wildman–Crippen LogP) is 2.17. The average Bonchev–Trinajstić information content (AvgIpc) is 2.91. The van der Waals surface area contributed by atoms with Crippen molar-refractivity contribution >= 4 is 41.6 Å². The summed E-state index contributed by atoms with van der Waals surface area (Å²) in [4.78, 5) is 16.4.